The number of hydrogen-bond donors (Lipinski definition) is 0. The third-order valence-electron chi connectivity index (χ3n) is 3.04. The van der Waals surface area contributed by atoms with E-state index in [1.54, 1.807) is 0 Å². The van der Waals surface area contributed by atoms with Crippen LogP contribution in [0.15, 0.2) is 46.3 Å². The summed E-state index contributed by atoms with van der Waals surface area (Å²) >= 11 is 12.7. The minimum absolute atomic E-state index is 0.117. The summed E-state index contributed by atoms with van der Waals surface area (Å²) in [5.74, 6) is 0. The highest BCUT2D eigenvalue weighted by Gasteiger charge is 2.30. The second kappa shape index (κ2) is 6.69. The predicted octanol–water partition coefficient (Wildman–Crippen LogP) is 5.78. The van der Waals surface area contributed by atoms with E-state index in [0.29, 0.717) is 0 Å². The first-order chi connectivity index (χ1) is 8.70. The van der Waals surface area contributed by atoms with Gasteiger partial charge in [0.05, 0.1) is 3.79 Å². The van der Waals surface area contributed by atoms with Crippen molar-refractivity contribution in [3.8, 4) is 0 Å². The van der Waals surface area contributed by atoms with Gasteiger partial charge in [0.1, 0.15) is 0 Å². The fourth-order valence-electron chi connectivity index (χ4n) is 1.96. The summed E-state index contributed by atoms with van der Waals surface area (Å²) in [5, 5.41) is 1.90. The smallest absolute Gasteiger partial charge is 0.0701 e. The summed E-state index contributed by atoms with van der Waals surface area (Å²) in [7, 11) is 0. The van der Waals surface area contributed by atoms with Gasteiger partial charge in [-0.05, 0) is 40.0 Å². The van der Waals surface area contributed by atoms with Crippen LogP contribution in [0.25, 0.3) is 0 Å². The molecule has 0 fully saturated rings. The van der Waals surface area contributed by atoms with E-state index in [1.165, 1.54) is 14.2 Å². The highest BCUT2D eigenvalue weighted by molar-refractivity contribution is 9.11. The van der Waals surface area contributed by atoms with Gasteiger partial charge < -0.3 is 0 Å². The van der Waals surface area contributed by atoms with Gasteiger partial charge in [-0.1, -0.05) is 62.2 Å². The number of halogens is 3. The highest BCUT2D eigenvalue weighted by Crippen LogP contribution is 2.35. The second-order valence-electron chi connectivity index (χ2n) is 4.30. The number of thiophene rings is 1. The van der Waals surface area contributed by atoms with E-state index in [1.807, 2.05) is 11.3 Å². The Morgan fingerprint density at radius 1 is 0.944 bits per heavy atom. The normalized spacial score (nSPS) is 11.7. The van der Waals surface area contributed by atoms with Gasteiger partial charge in [0.25, 0.3) is 0 Å². The van der Waals surface area contributed by atoms with Gasteiger partial charge in [-0.3, -0.25) is 0 Å². The van der Waals surface area contributed by atoms with Gasteiger partial charge in [0.2, 0.25) is 0 Å². The van der Waals surface area contributed by atoms with Crippen molar-refractivity contribution in [3.63, 3.8) is 0 Å². The number of alkyl halides is 2. The summed E-state index contributed by atoms with van der Waals surface area (Å²) in [5.41, 5.74) is 1.49. The second-order valence-corrected chi connectivity index (χ2v) is 7.97. The molecule has 0 radical (unpaired) electrons. The molecule has 1 heterocycles. The standard InChI is InChI=1S/C14H13Br3S/c15-9-14(10-16,11-4-2-1-3-5-11)8-12-6-7-13(17)18-12/h1-7H,8-10H2. The summed E-state index contributed by atoms with van der Waals surface area (Å²) in [6.07, 6.45) is 1.05. The Bertz CT molecular complexity index is 489. The van der Waals surface area contributed by atoms with E-state index in [-0.39, 0.29) is 5.41 Å². The molecule has 4 heteroatoms. The Labute approximate surface area is 137 Å². The molecule has 2 rings (SSSR count). The van der Waals surface area contributed by atoms with Crippen molar-refractivity contribution in [2.75, 3.05) is 10.7 Å². The molecule has 18 heavy (non-hydrogen) atoms. The van der Waals surface area contributed by atoms with E-state index < -0.39 is 0 Å². The zero-order valence-corrected chi connectivity index (χ0v) is 15.3. The summed E-state index contributed by atoms with van der Waals surface area (Å²) < 4.78 is 1.20. The molecule has 0 atom stereocenters. The van der Waals surface area contributed by atoms with Crippen LogP contribution in [0.4, 0.5) is 0 Å². The zero-order valence-electron chi connectivity index (χ0n) is 9.70. The molecule has 2 aromatic rings. The fourth-order valence-corrected chi connectivity index (χ4v) is 5.56. The van der Waals surface area contributed by atoms with Gasteiger partial charge in [0.15, 0.2) is 0 Å². The van der Waals surface area contributed by atoms with Crippen LogP contribution in [-0.2, 0) is 11.8 Å². The maximum atomic E-state index is 3.70. The van der Waals surface area contributed by atoms with E-state index >= 15 is 0 Å². The molecule has 0 unspecified atom stereocenters. The molecule has 0 aliphatic carbocycles. The molecular formula is C14H13Br3S. The van der Waals surface area contributed by atoms with Crippen LogP contribution in [0.5, 0.6) is 0 Å². The molecule has 0 aliphatic heterocycles. The first-order valence-electron chi connectivity index (χ1n) is 5.62. The molecule has 0 bridgehead atoms. The molecule has 0 N–H and O–H groups in total. The average Bonchev–Trinajstić information content (AvgIpc) is 2.82. The van der Waals surface area contributed by atoms with Gasteiger partial charge in [-0.25, -0.2) is 0 Å². The molecule has 0 saturated carbocycles. The van der Waals surface area contributed by atoms with E-state index in [9.17, 15) is 0 Å². The molecule has 0 saturated heterocycles. The van der Waals surface area contributed by atoms with Gasteiger partial charge in [-0.2, -0.15) is 0 Å². The minimum Gasteiger partial charge on any atom is -0.133 e. The Hall–Kier alpha value is 0.360. The van der Waals surface area contributed by atoms with E-state index in [2.05, 4.69) is 90.3 Å². The molecule has 1 aromatic heterocycles. The maximum Gasteiger partial charge on any atom is 0.0701 e. The first kappa shape index (κ1) is 14.8. The van der Waals surface area contributed by atoms with Crippen molar-refractivity contribution in [1.82, 2.24) is 0 Å². The lowest BCUT2D eigenvalue weighted by molar-refractivity contribution is 0.556. The van der Waals surface area contributed by atoms with Crippen LogP contribution < -0.4 is 0 Å². The lowest BCUT2D eigenvalue weighted by atomic mass is 9.81. The van der Waals surface area contributed by atoms with Gasteiger partial charge >= 0.3 is 0 Å². The molecular weight excluding hydrogens is 440 g/mol. The van der Waals surface area contributed by atoms with Crippen molar-refractivity contribution >= 4 is 59.1 Å². The summed E-state index contributed by atoms with van der Waals surface area (Å²) in [6, 6.07) is 15.0. The van der Waals surface area contributed by atoms with Crippen molar-refractivity contribution in [1.29, 1.82) is 0 Å². The highest BCUT2D eigenvalue weighted by atomic mass is 79.9. The van der Waals surface area contributed by atoms with Gasteiger partial charge in [-0.15, -0.1) is 11.3 Å². The molecule has 96 valence electrons. The van der Waals surface area contributed by atoms with Crippen LogP contribution in [0.1, 0.15) is 10.4 Å². The molecule has 0 spiro atoms. The van der Waals surface area contributed by atoms with Crippen molar-refractivity contribution in [2.24, 2.45) is 0 Å². The van der Waals surface area contributed by atoms with Crippen molar-refractivity contribution in [2.45, 2.75) is 11.8 Å². The van der Waals surface area contributed by atoms with Crippen LogP contribution in [0.3, 0.4) is 0 Å². The number of rotatable bonds is 5. The van der Waals surface area contributed by atoms with Crippen LogP contribution >= 0.6 is 59.1 Å². The lowest BCUT2D eigenvalue weighted by Gasteiger charge is -2.30. The van der Waals surface area contributed by atoms with Crippen LogP contribution in [0, 0.1) is 0 Å². The molecule has 0 nitrogen and oxygen atoms in total. The SMILES string of the molecule is BrCC(CBr)(Cc1ccc(Br)s1)c1ccccc1. The van der Waals surface area contributed by atoms with Crippen LogP contribution in [0.2, 0.25) is 0 Å². The quantitative estimate of drug-likeness (QED) is 0.504. The van der Waals surface area contributed by atoms with Crippen LogP contribution in [-0.4, -0.2) is 10.7 Å². The largest absolute Gasteiger partial charge is 0.133 e. The molecule has 0 aliphatic rings. The third kappa shape index (κ3) is 3.27. The molecule has 1 aromatic carbocycles. The van der Waals surface area contributed by atoms with Crippen molar-refractivity contribution in [3.05, 3.63) is 56.7 Å². The lowest BCUT2D eigenvalue weighted by Crippen LogP contribution is -2.32. The Balaban J connectivity index is 2.32. The Kier molecular flexibility index (Phi) is 5.48. The summed E-state index contributed by atoms with van der Waals surface area (Å²) in [4.78, 5) is 1.41. The first-order valence-corrected chi connectivity index (χ1v) is 9.47. The summed E-state index contributed by atoms with van der Waals surface area (Å²) in [6.45, 7) is 0. The van der Waals surface area contributed by atoms with E-state index in [0.717, 1.165) is 17.1 Å². The predicted molar refractivity (Wildman–Crippen MR) is 91.4 cm³/mol. The monoisotopic (exact) mass is 450 g/mol. The minimum atomic E-state index is 0.117. The Morgan fingerprint density at radius 2 is 1.61 bits per heavy atom. The fraction of sp³-hybridized carbons (Fsp3) is 0.286. The average molecular weight is 453 g/mol. The third-order valence-corrected chi connectivity index (χ3v) is 6.81. The van der Waals surface area contributed by atoms with Gasteiger partial charge in [0, 0.05) is 21.0 Å². The topological polar surface area (TPSA) is 0 Å². The molecule has 0 amide bonds. The van der Waals surface area contributed by atoms with E-state index in [4.69, 9.17) is 0 Å². The maximum absolute atomic E-state index is 3.70. The Morgan fingerprint density at radius 3 is 2.11 bits per heavy atom. The number of benzene rings is 1. The zero-order chi connectivity index (χ0) is 13.0. The van der Waals surface area contributed by atoms with Crippen molar-refractivity contribution < 1.29 is 0 Å². The number of hydrogen-bond acceptors (Lipinski definition) is 1.